The Bertz CT molecular complexity index is 1160. The standard InChI is InChI=1S/C23H23N5O/c1-24-12-14-7-9-15(10-8-14)19-21(16-4-3-11-25-13-16)26-18-6-2-5-17-20(18)22(19)27-28-23(17)29/h2-3,5-11,13,16,19,21,24,26H,4,12H2,1H3,(H,28,29). The average molecular weight is 385 g/mol. The minimum absolute atomic E-state index is 0.0100. The SMILES string of the molecule is CNCc1ccc(C2c3n[nH]c(=O)c4cccc(c34)NC2C2C=NC=CC2)cc1. The molecule has 0 bridgehead atoms. The first-order chi connectivity index (χ1) is 14.3. The lowest BCUT2D eigenvalue weighted by Gasteiger charge is -2.38. The Morgan fingerprint density at radius 3 is 2.79 bits per heavy atom. The molecule has 0 saturated heterocycles. The number of aliphatic imine (C=N–C) groups is 1. The molecule has 5 rings (SSSR count). The van der Waals surface area contributed by atoms with E-state index in [-0.39, 0.29) is 23.4 Å². The van der Waals surface area contributed by atoms with Crippen molar-refractivity contribution >= 4 is 22.7 Å². The summed E-state index contributed by atoms with van der Waals surface area (Å²) >= 11 is 0. The molecule has 6 nitrogen and oxygen atoms in total. The van der Waals surface area contributed by atoms with E-state index in [1.54, 1.807) is 0 Å². The van der Waals surface area contributed by atoms with Crippen LogP contribution >= 0.6 is 0 Å². The van der Waals surface area contributed by atoms with Gasteiger partial charge in [-0.2, -0.15) is 5.10 Å². The highest BCUT2D eigenvalue weighted by Crippen LogP contribution is 2.42. The summed E-state index contributed by atoms with van der Waals surface area (Å²) in [7, 11) is 1.95. The number of benzene rings is 2. The van der Waals surface area contributed by atoms with Crippen LogP contribution in [-0.2, 0) is 6.54 Å². The van der Waals surface area contributed by atoms with E-state index >= 15 is 0 Å². The second-order valence-electron chi connectivity index (χ2n) is 7.67. The number of nitrogens with zero attached hydrogens (tertiary/aromatic N) is 2. The fourth-order valence-electron chi connectivity index (χ4n) is 4.53. The van der Waals surface area contributed by atoms with Crippen LogP contribution < -0.4 is 16.2 Å². The Morgan fingerprint density at radius 1 is 1.17 bits per heavy atom. The Kier molecular flexibility index (Phi) is 4.48. The van der Waals surface area contributed by atoms with Crippen molar-refractivity contribution in [3.8, 4) is 0 Å². The topological polar surface area (TPSA) is 82.2 Å². The largest absolute Gasteiger partial charge is 0.380 e. The van der Waals surface area contributed by atoms with Gasteiger partial charge >= 0.3 is 0 Å². The van der Waals surface area contributed by atoms with E-state index in [1.807, 2.05) is 37.7 Å². The van der Waals surface area contributed by atoms with Crippen LogP contribution in [0.15, 0.2) is 64.5 Å². The molecule has 3 heterocycles. The number of allylic oxidation sites excluding steroid dienone is 1. The van der Waals surface area contributed by atoms with Crippen molar-refractivity contribution in [2.75, 3.05) is 12.4 Å². The van der Waals surface area contributed by atoms with Gasteiger partial charge in [-0.05, 0) is 36.7 Å². The summed E-state index contributed by atoms with van der Waals surface area (Å²) in [4.78, 5) is 16.8. The van der Waals surface area contributed by atoms with Crippen molar-refractivity contribution in [3.63, 3.8) is 0 Å². The Hall–Kier alpha value is -3.25. The van der Waals surface area contributed by atoms with Crippen LogP contribution in [0.1, 0.15) is 29.2 Å². The third-order valence-corrected chi connectivity index (χ3v) is 5.88. The van der Waals surface area contributed by atoms with Crippen molar-refractivity contribution in [1.82, 2.24) is 15.5 Å². The van der Waals surface area contributed by atoms with E-state index in [1.165, 1.54) is 11.1 Å². The third-order valence-electron chi connectivity index (χ3n) is 5.88. The van der Waals surface area contributed by atoms with E-state index in [0.717, 1.165) is 29.7 Å². The zero-order valence-electron chi connectivity index (χ0n) is 16.2. The predicted octanol–water partition coefficient (Wildman–Crippen LogP) is 3.17. The summed E-state index contributed by atoms with van der Waals surface area (Å²) in [5, 5.41) is 15.8. The second kappa shape index (κ2) is 7.29. The molecule has 0 aliphatic carbocycles. The number of hydrogen-bond donors (Lipinski definition) is 3. The molecule has 1 aromatic heterocycles. The van der Waals surface area contributed by atoms with Crippen molar-refractivity contribution in [2.24, 2.45) is 10.9 Å². The van der Waals surface area contributed by atoms with Crippen LogP contribution in [0.25, 0.3) is 10.8 Å². The number of H-pyrrole nitrogens is 1. The van der Waals surface area contributed by atoms with Crippen molar-refractivity contribution in [1.29, 1.82) is 0 Å². The molecule has 0 saturated carbocycles. The maximum absolute atomic E-state index is 12.4. The molecule has 2 aromatic carbocycles. The molecule has 0 fully saturated rings. The zero-order chi connectivity index (χ0) is 19.8. The normalized spacial score (nSPS) is 22.6. The highest BCUT2D eigenvalue weighted by atomic mass is 16.1. The molecule has 146 valence electrons. The van der Waals surface area contributed by atoms with Crippen LogP contribution in [0, 0.1) is 5.92 Å². The van der Waals surface area contributed by atoms with Crippen LogP contribution in [-0.4, -0.2) is 29.5 Å². The summed E-state index contributed by atoms with van der Waals surface area (Å²) in [5.74, 6) is 0.245. The number of nitrogens with one attached hydrogen (secondary N) is 3. The minimum atomic E-state index is -0.156. The predicted molar refractivity (Wildman–Crippen MR) is 117 cm³/mol. The Labute approximate surface area is 168 Å². The van der Waals surface area contributed by atoms with Gasteiger partial charge in [-0.3, -0.25) is 9.79 Å². The van der Waals surface area contributed by atoms with Gasteiger partial charge in [0.05, 0.1) is 11.1 Å². The summed E-state index contributed by atoms with van der Waals surface area (Å²) in [6.45, 7) is 0.830. The van der Waals surface area contributed by atoms with Crippen molar-refractivity contribution < 1.29 is 0 Å². The first-order valence-corrected chi connectivity index (χ1v) is 9.96. The van der Waals surface area contributed by atoms with Gasteiger partial charge in [0.1, 0.15) is 0 Å². The first kappa shape index (κ1) is 17.8. The average Bonchev–Trinajstić information content (AvgIpc) is 2.77. The second-order valence-corrected chi connectivity index (χ2v) is 7.67. The van der Waals surface area contributed by atoms with Crippen LogP contribution in [0.2, 0.25) is 0 Å². The lowest BCUT2D eigenvalue weighted by atomic mass is 9.76. The molecule has 3 unspecified atom stereocenters. The van der Waals surface area contributed by atoms with Crippen molar-refractivity contribution in [3.05, 3.63) is 81.9 Å². The van der Waals surface area contributed by atoms with Gasteiger partial charge in [-0.1, -0.05) is 36.4 Å². The van der Waals surface area contributed by atoms with Gasteiger partial charge in [-0.25, -0.2) is 5.10 Å². The van der Waals surface area contributed by atoms with E-state index in [0.29, 0.717) is 5.39 Å². The van der Waals surface area contributed by atoms with Gasteiger partial charge < -0.3 is 10.6 Å². The van der Waals surface area contributed by atoms with Gasteiger partial charge in [-0.15, -0.1) is 0 Å². The van der Waals surface area contributed by atoms with Gasteiger partial charge in [0.25, 0.3) is 5.56 Å². The van der Waals surface area contributed by atoms with Crippen LogP contribution in [0.5, 0.6) is 0 Å². The fourth-order valence-corrected chi connectivity index (χ4v) is 4.53. The van der Waals surface area contributed by atoms with Gasteiger partial charge in [0, 0.05) is 47.9 Å². The Morgan fingerprint density at radius 2 is 2.03 bits per heavy atom. The lowest BCUT2D eigenvalue weighted by molar-refractivity contribution is 0.505. The number of aromatic nitrogens is 2. The summed E-state index contributed by atoms with van der Waals surface area (Å²) in [5.41, 5.74) is 4.14. The maximum atomic E-state index is 12.4. The first-order valence-electron chi connectivity index (χ1n) is 9.96. The molecule has 3 atom stereocenters. The van der Waals surface area contributed by atoms with Crippen LogP contribution in [0.3, 0.4) is 0 Å². The number of rotatable bonds is 4. The van der Waals surface area contributed by atoms with Gasteiger partial charge in [0.15, 0.2) is 0 Å². The molecule has 29 heavy (non-hydrogen) atoms. The molecule has 3 N–H and O–H groups in total. The minimum Gasteiger partial charge on any atom is -0.380 e. The third kappa shape index (κ3) is 3.06. The summed E-state index contributed by atoms with van der Waals surface area (Å²) in [6, 6.07) is 14.6. The van der Waals surface area contributed by atoms with Crippen LogP contribution in [0.4, 0.5) is 5.69 Å². The quantitative estimate of drug-likeness (QED) is 0.644. The van der Waals surface area contributed by atoms with Gasteiger partial charge in [0.2, 0.25) is 0 Å². The molecule has 0 radical (unpaired) electrons. The van der Waals surface area contributed by atoms with E-state index < -0.39 is 0 Å². The van der Waals surface area contributed by atoms with E-state index in [2.05, 4.69) is 56.2 Å². The smallest absolute Gasteiger partial charge is 0.272 e. The highest BCUT2D eigenvalue weighted by molar-refractivity contribution is 5.97. The van der Waals surface area contributed by atoms with E-state index in [9.17, 15) is 4.79 Å². The molecular formula is C23H23N5O. The molecule has 0 spiro atoms. The van der Waals surface area contributed by atoms with E-state index in [4.69, 9.17) is 0 Å². The molecular weight excluding hydrogens is 362 g/mol. The van der Waals surface area contributed by atoms with Crippen molar-refractivity contribution in [2.45, 2.75) is 24.9 Å². The fraction of sp³-hybridized carbons (Fsp3) is 0.261. The maximum Gasteiger partial charge on any atom is 0.272 e. The molecule has 6 heteroatoms. The summed E-state index contributed by atoms with van der Waals surface area (Å²) < 4.78 is 0. The Balaban J connectivity index is 1.68. The highest BCUT2D eigenvalue weighted by Gasteiger charge is 2.37. The molecule has 0 amide bonds. The molecule has 2 aliphatic heterocycles. The number of anilines is 1. The number of aromatic amines is 1. The molecule has 3 aromatic rings. The monoisotopic (exact) mass is 385 g/mol. The lowest BCUT2D eigenvalue weighted by Crippen LogP contribution is -2.40. The number of hydrogen-bond acceptors (Lipinski definition) is 5. The zero-order valence-corrected chi connectivity index (χ0v) is 16.2. The summed E-state index contributed by atoms with van der Waals surface area (Å²) in [6.07, 6.45) is 6.90. The molecule has 2 aliphatic rings.